The molecule has 2 heterocycles. The Morgan fingerprint density at radius 1 is 1.15 bits per heavy atom. The monoisotopic (exact) mass is 349 g/mol. The van der Waals surface area contributed by atoms with Crippen LogP contribution in [0, 0.1) is 13.8 Å². The first-order chi connectivity index (χ1) is 12.5. The van der Waals surface area contributed by atoms with Crippen LogP contribution in [0.4, 0.5) is 5.69 Å². The maximum atomic E-state index is 12.8. The smallest absolute Gasteiger partial charge is 0.235 e. The number of pyridine rings is 1. The average Bonchev–Trinajstić information content (AvgIpc) is 3.47. The summed E-state index contributed by atoms with van der Waals surface area (Å²) >= 11 is 0. The predicted octanol–water partition coefficient (Wildman–Crippen LogP) is 4.89. The first-order valence-corrected chi connectivity index (χ1v) is 9.31. The lowest BCUT2D eigenvalue weighted by molar-refractivity contribution is -0.118. The highest BCUT2D eigenvalue weighted by Gasteiger charge is 2.51. The van der Waals surface area contributed by atoms with Crippen molar-refractivity contribution in [3.8, 4) is 0 Å². The molecule has 0 unspecified atom stereocenters. The van der Waals surface area contributed by atoms with Gasteiger partial charge in [-0.15, -0.1) is 0 Å². The van der Waals surface area contributed by atoms with Gasteiger partial charge < -0.3 is 9.88 Å². The number of nitrogens with one attached hydrogen (secondary N) is 1. The fourth-order valence-electron chi connectivity index (χ4n) is 3.45. The molecule has 1 aromatic carbocycles. The van der Waals surface area contributed by atoms with Crippen molar-refractivity contribution in [3.63, 3.8) is 0 Å². The predicted molar refractivity (Wildman–Crippen MR) is 108 cm³/mol. The lowest BCUT2D eigenvalue weighted by Gasteiger charge is -2.15. The third kappa shape index (κ3) is 2.90. The quantitative estimate of drug-likeness (QED) is 0.732. The molecule has 1 aliphatic rings. The van der Waals surface area contributed by atoms with Gasteiger partial charge >= 0.3 is 0 Å². The van der Waals surface area contributed by atoms with Crippen molar-refractivity contribution in [1.29, 1.82) is 0 Å². The van der Waals surface area contributed by atoms with Crippen molar-refractivity contribution >= 4 is 22.6 Å². The molecule has 0 bridgehead atoms. The van der Waals surface area contributed by atoms with Gasteiger partial charge in [0.15, 0.2) is 0 Å². The third-order valence-electron chi connectivity index (χ3n) is 5.40. The van der Waals surface area contributed by atoms with Crippen molar-refractivity contribution in [1.82, 2.24) is 9.55 Å². The van der Waals surface area contributed by atoms with Crippen LogP contribution < -0.4 is 5.32 Å². The molecule has 1 fully saturated rings. The lowest BCUT2D eigenvalue weighted by Crippen LogP contribution is -2.27. The van der Waals surface area contributed by atoms with Crippen LogP contribution in [0.3, 0.4) is 0 Å². The Labute approximate surface area is 155 Å². The van der Waals surface area contributed by atoms with E-state index in [0.717, 1.165) is 35.1 Å². The van der Waals surface area contributed by atoms with Crippen LogP contribution in [0.2, 0.25) is 0 Å². The summed E-state index contributed by atoms with van der Waals surface area (Å²) in [4.78, 5) is 17.4. The molecule has 4 rings (SSSR count). The van der Waals surface area contributed by atoms with Crippen molar-refractivity contribution < 1.29 is 4.79 Å². The number of rotatable bonds is 3. The first kappa shape index (κ1) is 18.2. The maximum Gasteiger partial charge on any atom is 0.235 e. The van der Waals surface area contributed by atoms with Gasteiger partial charge in [0.05, 0.1) is 17.3 Å². The van der Waals surface area contributed by atoms with E-state index in [1.54, 1.807) is 6.20 Å². The first-order valence-electron chi connectivity index (χ1n) is 9.31. The molecule has 4 nitrogen and oxygen atoms in total. The highest BCUT2D eigenvalue weighted by atomic mass is 16.2. The highest BCUT2D eigenvalue weighted by molar-refractivity contribution is 6.02. The van der Waals surface area contributed by atoms with E-state index in [4.69, 9.17) is 0 Å². The zero-order chi connectivity index (χ0) is 18.9. The average molecular weight is 349 g/mol. The van der Waals surface area contributed by atoms with Crippen LogP contribution in [-0.2, 0) is 17.3 Å². The number of carbonyl (C=O) groups excluding carboxylic acids is 1. The van der Waals surface area contributed by atoms with Gasteiger partial charge in [-0.3, -0.25) is 4.79 Å². The van der Waals surface area contributed by atoms with Gasteiger partial charge in [-0.2, -0.15) is 0 Å². The van der Waals surface area contributed by atoms with Crippen molar-refractivity contribution in [2.75, 3.05) is 5.32 Å². The van der Waals surface area contributed by atoms with Gasteiger partial charge in [-0.05, 0) is 43.9 Å². The molecule has 0 atom stereocenters. The van der Waals surface area contributed by atoms with E-state index in [2.05, 4.69) is 28.7 Å². The number of hydrogen-bond donors (Lipinski definition) is 1. The minimum absolute atomic E-state index is 0.0696. The zero-order valence-electron chi connectivity index (χ0n) is 16.3. The molecule has 4 heteroatoms. The summed E-state index contributed by atoms with van der Waals surface area (Å²) in [7, 11) is 2.02. The Morgan fingerprint density at radius 2 is 1.81 bits per heavy atom. The molecule has 2 aromatic heterocycles. The van der Waals surface area contributed by atoms with Gasteiger partial charge in [0.25, 0.3) is 0 Å². The minimum Gasteiger partial charge on any atom is -0.333 e. The van der Waals surface area contributed by atoms with E-state index in [1.165, 1.54) is 11.3 Å². The summed E-state index contributed by atoms with van der Waals surface area (Å²) < 4.78 is 2.09. The molecule has 26 heavy (non-hydrogen) atoms. The van der Waals surface area contributed by atoms with E-state index in [-0.39, 0.29) is 11.3 Å². The van der Waals surface area contributed by atoms with Crippen molar-refractivity contribution in [3.05, 3.63) is 59.4 Å². The van der Waals surface area contributed by atoms with Crippen LogP contribution in [0.25, 0.3) is 11.0 Å². The molecule has 3 aromatic rings. The molecule has 1 amide bonds. The van der Waals surface area contributed by atoms with Crippen LogP contribution in [0.5, 0.6) is 0 Å². The van der Waals surface area contributed by atoms with Crippen LogP contribution in [-0.4, -0.2) is 15.5 Å². The normalized spacial score (nSPS) is 14.5. The number of aromatic nitrogens is 2. The van der Waals surface area contributed by atoms with E-state index in [0.29, 0.717) is 0 Å². The number of amides is 1. The zero-order valence-corrected chi connectivity index (χ0v) is 16.3. The third-order valence-corrected chi connectivity index (χ3v) is 5.40. The second-order valence-corrected chi connectivity index (χ2v) is 6.77. The van der Waals surface area contributed by atoms with Gasteiger partial charge in [-0.1, -0.05) is 44.2 Å². The second-order valence-electron chi connectivity index (χ2n) is 6.77. The molecule has 1 N–H and O–H groups in total. The summed E-state index contributed by atoms with van der Waals surface area (Å²) in [6, 6.07) is 12.1. The topological polar surface area (TPSA) is 46.9 Å². The van der Waals surface area contributed by atoms with Gasteiger partial charge in [-0.25, -0.2) is 4.98 Å². The van der Waals surface area contributed by atoms with E-state index >= 15 is 0 Å². The summed E-state index contributed by atoms with van der Waals surface area (Å²) in [6.45, 7) is 8.18. The Kier molecular flexibility index (Phi) is 4.86. The maximum absolute atomic E-state index is 12.8. The van der Waals surface area contributed by atoms with E-state index < -0.39 is 0 Å². The van der Waals surface area contributed by atoms with E-state index in [1.807, 2.05) is 57.3 Å². The number of hydrogen-bond acceptors (Lipinski definition) is 2. The fourth-order valence-corrected chi connectivity index (χ4v) is 3.45. The summed E-state index contributed by atoms with van der Waals surface area (Å²) in [6.07, 6.45) is 3.56. The van der Waals surface area contributed by atoms with Gasteiger partial charge in [0.1, 0.15) is 5.65 Å². The number of carbonyl (C=O) groups is 1. The summed E-state index contributed by atoms with van der Waals surface area (Å²) in [5.41, 5.74) is 4.86. The van der Waals surface area contributed by atoms with Crippen molar-refractivity contribution in [2.45, 2.75) is 46.0 Å². The van der Waals surface area contributed by atoms with Crippen molar-refractivity contribution in [2.24, 2.45) is 7.05 Å². The molecule has 1 saturated carbocycles. The van der Waals surface area contributed by atoms with Crippen LogP contribution >= 0.6 is 0 Å². The fraction of sp³-hybridized carbons (Fsp3) is 0.364. The molecular formula is C22H27N3O. The molecule has 0 radical (unpaired) electrons. The molecular weight excluding hydrogens is 322 g/mol. The van der Waals surface area contributed by atoms with E-state index in [9.17, 15) is 4.79 Å². The largest absolute Gasteiger partial charge is 0.333 e. The Bertz CT molecular complexity index is 937. The summed E-state index contributed by atoms with van der Waals surface area (Å²) in [5.74, 6) is 0.0696. The SMILES string of the molecule is CC.Cc1c(C)n(C)c2ncc(NC(=O)C3(c4ccccc4)CC3)cc12. The number of benzene rings is 1. The van der Waals surface area contributed by atoms with Crippen LogP contribution in [0.15, 0.2) is 42.6 Å². The van der Waals surface area contributed by atoms with Gasteiger partial charge in [0.2, 0.25) is 5.91 Å². The van der Waals surface area contributed by atoms with Gasteiger partial charge in [0, 0.05) is 18.1 Å². The number of fused-ring (bicyclic) bond motifs is 1. The summed E-state index contributed by atoms with van der Waals surface area (Å²) in [5, 5.41) is 4.18. The number of aryl methyl sites for hydroxylation is 2. The minimum atomic E-state index is -0.363. The molecule has 0 aliphatic heterocycles. The molecule has 0 saturated heterocycles. The highest BCUT2D eigenvalue weighted by Crippen LogP contribution is 2.49. The Hall–Kier alpha value is -2.62. The molecule has 1 aliphatic carbocycles. The van der Waals surface area contributed by atoms with Crippen LogP contribution in [0.1, 0.15) is 43.5 Å². The standard InChI is InChI=1S/C20H21N3O.C2H6/c1-13-14(2)23(3)18-17(13)11-16(12-21-18)22-19(24)20(9-10-20)15-7-5-4-6-8-15;1-2/h4-8,11-12H,9-10H2,1-3H3,(H,22,24);1-2H3. The molecule has 0 spiro atoms. The number of nitrogens with zero attached hydrogens (tertiary/aromatic N) is 2. The second kappa shape index (κ2) is 6.94. The lowest BCUT2D eigenvalue weighted by atomic mass is 9.95. The molecule has 136 valence electrons. The number of anilines is 1. The Balaban J connectivity index is 0.000000948. The Morgan fingerprint density at radius 3 is 2.42 bits per heavy atom.